The molecule has 0 aromatic rings. The van der Waals surface area contributed by atoms with Gasteiger partial charge in [0.1, 0.15) is 0 Å². The average molecular weight is 266 g/mol. The van der Waals surface area contributed by atoms with E-state index in [1.807, 2.05) is 0 Å². The summed E-state index contributed by atoms with van der Waals surface area (Å²) in [6, 6.07) is 0. The lowest BCUT2D eigenvalue weighted by Gasteiger charge is -2.16. The summed E-state index contributed by atoms with van der Waals surface area (Å²) < 4.78 is 21.1. The molecule has 0 aromatic heterocycles. The molecule has 0 bridgehead atoms. The van der Waals surface area contributed by atoms with Crippen molar-refractivity contribution in [3.8, 4) is 0 Å². The Bertz CT molecular complexity index is 170. The predicted octanol–water partition coefficient (Wildman–Crippen LogP) is 1.23. The molecule has 104 valence electrons. The molecule has 0 radical (unpaired) electrons. The van der Waals surface area contributed by atoms with E-state index >= 15 is 0 Å². The van der Waals surface area contributed by atoms with Crippen LogP contribution in [-0.2, 0) is 18.6 Å². The number of hydrogen-bond acceptors (Lipinski definition) is 5. The third-order valence-corrected chi connectivity index (χ3v) is 2.79. The predicted molar refractivity (Wildman–Crippen MR) is 68.6 cm³/mol. The third-order valence-electron chi connectivity index (χ3n) is 1.72. The second-order valence-electron chi connectivity index (χ2n) is 4.66. The van der Waals surface area contributed by atoms with Crippen molar-refractivity contribution in [1.82, 2.24) is 0 Å². The lowest BCUT2D eigenvalue weighted by atomic mass is 10.7. The molecule has 1 N–H and O–H groups in total. The quantitative estimate of drug-likeness (QED) is 0.346. The summed E-state index contributed by atoms with van der Waals surface area (Å²) in [6.07, 6.45) is -0.728. The fourth-order valence-electron chi connectivity index (χ4n) is 1.01. The second-order valence-corrected chi connectivity index (χ2v) is 9.17. The van der Waals surface area contributed by atoms with E-state index in [0.29, 0.717) is 39.6 Å². The summed E-state index contributed by atoms with van der Waals surface area (Å²) in [7, 11) is -1.41. The summed E-state index contributed by atoms with van der Waals surface area (Å²) in [5.74, 6) is 0. The Morgan fingerprint density at radius 1 is 0.882 bits per heavy atom. The largest absolute Gasteiger partial charge is 0.415 e. The van der Waals surface area contributed by atoms with Gasteiger partial charge in [-0.05, 0) is 26.6 Å². The van der Waals surface area contributed by atoms with Crippen LogP contribution in [0.2, 0.25) is 19.6 Å². The summed E-state index contributed by atoms with van der Waals surface area (Å²) in [6.45, 7) is 11.3. The molecular formula is C11H26O5Si. The Hall–Kier alpha value is 0.0169. The van der Waals surface area contributed by atoms with Crippen LogP contribution in [0.5, 0.6) is 0 Å². The van der Waals surface area contributed by atoms with E-state index in [0.717, 1.165) is 0 Å². The van der Waals surface area contributed by atoms with Gasteiger partial charge in [-0.15, -0.1) is 0 Å². The molecule has 0 fully saturated rings. The summed E-state index contributed by atoms with van der Waals surface area (Å²) in [4.78, 5) is 0. The Kier molecular flexibility index (Phi) is 10.00. The number of aliphatic hydroxyl groups is 1. The van der Waals surface area contributed by atoms with Gasteiger partial charge in [0.05, 0.1) is 39.6 Å². The van der Waals surface area contributed by atoms with Crippen LogP contribution in [0.25, 0.3) is 0 Å². The Balaban J connectivity index is 3.04. The zero-order valence-electron chi connectivity index (χ0n) is 11.4. The zero-order chi connectivity index (χ0) is 13.1. The van der Waals surface area contributed by atoms with Crippen LogP contribution in [0.4, 0.5) is 0 Å². The molecule has 1 atom stereocenters. The topological polar surface area (TPSA) is 57.2 Å². The Morgan fingerprint density at radius 3 is 1.82 bits per heavy atom. The van der Waals surface area contributed by atoms with E-state index in [-0.39, 0.29) is 0 Å². The van der Waals surface area contributed by atoms with E-state index in [4.69, 9.17) is 23.7 Å². The molecule has 0 aliphatic rings. The van der Waals surface area contributed by atoms with Crippen molar-refractivity contribution in [3.63, 3.8) is 0 Å². The van der Waals surface area contributed by atoms with Gasteiger partial charge in [-0.1, -0.05) is 0 Å². The maximum atomic E-state index is 8.80. The first-order valence-electron chi connectivity index (χ1n) is 6.01. The normalized spacial score (nSPS) is 13.9. The van der Waals surface area contributed by atoms with Gasteiger partial charge in [0.2, 0.25) is 0 Å². The molecule has 0 saturated heterocycles. The van der Waals surface area contributed by atoms with Crippen LogP contribution >= 0.6 is 0 Å². The molecule has 6 heteroatoms. The fraction of sp³-hybridized carbons (Fsp3) is 1.00. The summed E-state index contributed by atoms with van der Waals surface area (Å²) >= 11 is 0. The number of aliphatic hydroxyl groups excluding tert-OH is 1. The first kappa shape index (κ1) is 17.0. The van der Waals surface area contributed by atoms with Crippen LogP contribution in [-0.4, -0.2) is 59.4 Å². The SMILES string of the molecule is CC(O)OCCOCCOCCO[Si](C)(C)C. The molecule has 0 amide bonds. The molecule has 1 unspecified atom stereocenters. The summed E-state index contributed by atoms with van der Waals surface area (Å²) in [5, 5.41) is 8.80. The van der Waals surface area contributed by atoms with Gasteiger partial charge >= 0.3 is 0 Å². The highest BCUT2D eigenvalue weighted by molar-refractivity contribution is 6.69. The van der Waals surface area contributed by atoms with Crippen molar-refractivity contribution in [2.24, 2.45) is 0 Å². The van der Waals surface area contributed by atoms with Crippen molar-refractivity contribution in [1.29, 1.82) is 0 Å². The van der Waals surface area contributed by atoms with Gasteiger partial charge in [0.15, 0.2) is 14.6 Å². The lowest BCUT2D eigenvalue weighted by Crippen LogP contribution is -2.27. The van der Waals surface area contributed by atoms with E-state index in [1.54, 1.807) is 6.92 Å². The van der Waals surface area contributed by atoms with Crippen molar-refractivity contribution in [3.05, 3.63) is 0 Å². The van der Waals surface area contributed by atoms with E-state index in [1.165, 1.54) is 0 Å². The first-order valence-corrected chi connectivity index (χ1v) is 9.42. The van der Waals surface area contributed by atoms with E-state index in [2.05, 4.69) is 19.6 Å². The van der Waals surface area contributed by atoms with Crippen LogP contribution in [0.3, 0.4) is 0 Å². The molecule has 0 aromatic carbocycles. The van der Waals surface area contributed by atoms with Gasteiger partial charge in [0, 0.05) is 0 Å². The van der Waals surface area contributed by atoms with Crippen LogP contribution in [0.1, 0.15) is 6.92 Å². The molecule has 0 spiro atoms. The number of rotatable bonds is 11. The fourth-order valence-corrected chi connectivity index (χ4v) is 1.70. The van der Waals surface area contributed by atoms with Crippen molar-refractivity contribution in [2.45, 2.75) is 32.9 Å². The van der Waals surface area contributed by atoms with E-state index in [9.17, 15) is 0 Å². The van der Waals surface area contributed by atoms with Crippen molar-refractivity contribution < 1.29 is 23.7 Å². The van der Waals surface area contributed by atoms with Crippen LogP contribution in [0, 0.1) is 0 Å². The average Bonchev–Trinajstić information content (AvgIpc) is 2.18. The van der Waals surface area contributed by atoms with Crippen LogP contribution < -0.4 is 0 Å². The third kappa shape index (κ3) is 16.0. The van der Waals surface area contributed by atoms with Crippen LogP contribution in [0.15, 0.2) is 0 Å². The van der Waals surface area contributed by atoms with Gasteiger partial charge < -0.3 is 23.7 Å². The standard InChI is InChI=1S/C11H26O5Si/c1-11(12)15-9-7-13-5-6-14-8-10-16-17(2,3)4/h11-12H,5-10H2,1-4H3. The molecule has 0 heterocycles. The minimum absolute atomic E-state index is 0.399. The maximum absolute atomic E-state index is 8.80. The first-order chi connectivity index (χ1) is 7.92. The molecule has 17 heavy (non-hydrogen) atoms. The molecule has 0 aliphatic carbocycles. The molecule has 0 saturated carbocycles. The minimum atomic E-state index is -1.41. The van der Waals surface area contributed by atoms with Gasteiger partial charge in [-0.25, -0.2) is 0 Å². The minimum Gasteiger partial charge on any atom is -0.415 e. The smallest absolute Gasteiger partial charge is 0.183 e. The van der Waals surface area contributed by atoms with Gasteiger partial charge in [-0.2, -0.15) is 0 Å². The molecule has 0 aliphatic heterocycles. The highest BCUT2D eigenvalue weighted by Gasteiger charge is 2.12. The molecule has 0 rings (SSSR count). The molecule has 5 nitrogen and oxygen atoms in total. The van der Waals surface area contributed by atoms with E-state index < -0.39 is 14.6 Å². The molecular weight excluding hydrogens is 240 g/mol. The second kappa shape index (κ2) is 9.99. The van der Waals surface area contributed by atoms with Gasteiger partial charge in [0.25, 0.3) is 0 Å². The monoisotopic (exact) mass is 266 g/mol. The Morgan fingerprint density at radius 2 is 1.35 bits per heavy atom. The van der Waals surface area contributed by atoms with Crippen molar-refractivity contribution >= 4 is 8.32 Å². The Labute approximate surface area is 105 Å². The number of hydrogen-bond donors (Lipinski definition) is 1. The van der Waals surface area contributed by atoms with Crippen molar-refractivity contribution in [2.75, 3.05) is 39.6 Å². The highest BCUT2D eigenvalue weighted by Crippen LogP contribution is 2.01. The lowest BCUT2D eigenvalue weighted by molar-refractivity contribution is -0.101. The highest BCUT2D eigenvalue weighted by atomic mass is 28.4. The number of ether oxygens (including phenoxy) is 3. The summed E-state index contributed by atoms with van der Waals surface area (Å²) in [5.41, 5.74) is 0. The zero-order valence-corrected chi connectivity index (χ0v) is 12.4. The van der Waals surface area contributed by atoms with Gasteiger partial charge in [-0.3, -0.25) is 0 Å². The maximum Gasteiger partial charge on any atom is 0.183 e.